The van der Waals surface area contributed by atoms with Crippen LogP contribution in [0.5, 0.6) is 0 Å². The number of nitrogens with zero attached hydrogens (tertiary/aromatic N) is 2. The summed E-state index contributed by atoms with van der Waals surface area (Å²) in [5, 5.41) is 13.1. The normalized spacial score (nSPS) is 9.63. The number of amides is 1. The lowest BCUT2D eigenvalue weighted by Crippen LogP contribution is -2.16. The summed E-state index contributed by atoms with van der Waals surface area (Å²) in [6.45, 7) is 0. The first-order chi connectivity index (χ1) is 9.19. The number of rotatable bonds is 3. The minimum absolute atomic E-state index is 0.120. The molecule has 94 valence electrons. The maximum Gasteiger partial charge on any atom is 0.275 e. The van der Waals surface area contributed by atoms with Crippen molar-refractivity contribution in [2.75, 3.05) is 5.32 Å². The van der Waals surface area contributed by atoms with Crippen molar-refractivity contribution >= 4 is 23.4 Å². The van der Waals surface area contributed by atoms with Gasteiger partial charge in [0.15, 0.2) is 0 Å². The van der Waals surface area contributed by atoms with E-state index in [4.69, 9.17) is 5.26 Å². The molecule has 1 heterocycles. The molecule has 0 radical (unpaired) electrons. The van der Waals surface area contributed by atoms with Gasteiger partial charge in [0.05, 0.1) is 6.20 Å². The summed E-state index contributed by atoms with van der Waals surface area (Å²) in [6.07, 6.45) is 2.29. The van der Waals surface area contributed by atoms with Gasteiger partial charge in [-0.25, -0.2) is 4.98 Å². The van der Waals surface area contributed by atoms with Crippen LogP contribution < -0.4 is 10.9 Å². The third kappa shape index (κ3) is 3.43. The Hall–Kier alpha value is -2.59. The van der Waals surface area contributed by atoms with E-state index in [0.29, 0.717) is 5.69 Å². The minimum Gasteiger partial charge on any atom is -0.325 e. The largest absolute Gasteiger partial charge is 0.325 e. The van der Waals surface area contributed by atoms with Gasteiger partial charge in [-0.2, -0.15) is 5.26 Å². The van der Waals surface area contributed by atoms with Gasteiger partial charge in [0.1, 0.15) is 11.1 Å². The predicted octanol–water partition coefficient (Wildman–Crippen LogP) is 1.60. The molecule has 2 aromatic rings. The molecule has 1 aromatic carbocycles. The highest BCUT2D eigenvalue weighted by molar-refractivity contribution is 8.03. The summed E-state index contributed by atoms with van der Waals surface area (Å²) in [4.78, 5) is 29.5. The van der Waals surface area contributed by atoms with Gasteiger partial charge in [-0.3, -0.25) is 9.59 Å². The number of carbonyl (C=O) groups excluding carboxylic acids is 1. The first kappa shape index (κ1) is 12.9. The van der Waals surface area contributed by atoms with Gasteiger partial charge >= 0.3 is 0 Å². The lowest BCUT2D eigenvalue weighted by atomic mass is 10.3. The van der Waals surface area contributed by atoms with E-state index in [1.165, 1.54) is 6.20 Å². The molecule has 0 spiro atoms. The Morgan fingerprint density at radius 1 is 1.37 bits per heavy atom. The van der Waals surface area contributed by atoms with Gasteiger partial charge in [-0.05, 0) is 36.0 Å². The molecule has 0 aliphatic carbocycles. The summed E-state index contributed by atoms with van der Waals surface area (Å²) >= 11 is 1.04. The Bertz CT molecular complexity index is 668. The van der Waals surface area contributed by atoms with E-state index in [-0.39, 0.29) is 11.3 Å². The smallest absolute Gasteiger partial charge is 0.275 e. The summed E-state index contributed by atoms with van der Waals surface area (Å²) in [7, 11) is 0. The van der Waals surface area contributed by atoms with Crippen LogP contribution >= 0.6 is 11.8 Å². The molecule has 19 heavy (non-hydrogen) atoms. The molecule has 0 unspecified atom stereocenters. The molecule has 6 nitrogen and oxygen atoms in total. The molecule has 1 amide bonds. The second-order valence-electron chi connectivity index (χ2n) is 3.47. The number of H-pyrrole nitrogens is 1. The van der Waals surface area contributed by atoms with E-state index in [1.54, 1.807) is 24.3 Å². The topological polar surface area (TPSA) is 98.6 Å². The van der Waals surface area contributed by atoms with E-state index in [1.807, 2.05) is 5.40 Å². The van der Waals surface area contributed by atoms with E-state index in [2.05, 4.69) is 15.3 Å². The second-order valence-corrected chi connectivity index (χ2v) is 4.33. The second kappa shape index (κ2) is 5.84. The van der Waals surface area contributed by atoms with Crippen LogP contribution in [-0.4, -0.2) is 15.9 Å². The zero-order valence-corrected chi connectivity index (χ0v) is 10.4. The van der Waals surface area contributed by atoms with Crippen LogP contribution in [-0.2, 0) is 0 Å². The van der Waals surface area contributed by atoms with Gasteiger partial charge < -0.3 is 10.3 Å². The van der Waals surface area contributed by atoms with Crippen molar-refractivity contribution in [1.82, 2.24) is 9.97 Å². The maximum atomic E-state index is 11.8. The molecule has 0 bridgehead atoms. The number of aromatic nitrogens is 2. The Morgan fingerprint density at radius 2 is 2.11 bits per heavy atom. The first-order valence-electron chi connectivity index (χ1n) is 5.21. The van der Waals surface area contributed by atoms with Crippen LogP contribution in [0.15, 0.2) is 46.3 Å². The number of nitrogens with one attached hydrogen (secondary N) is 2. The Labute approximate surface area is 112 Å². The minimum atomic E-state index is -0.420. The fourth-order valence-corrected chi connectivity index (χ4v) is 1.70. The van der Waals surface area contributed by atoms with Crippen molar-refractivity contribution < 1.29 is 4.79 Å². The highest BCUT2D eigenvalue weighted by Crippen LogP contribution is 2.19. The van der Waals surface area contributed by atoms with Crippen molar-refractivity contribution in [3.8, 4) is 5.40 Å². The summed E-state index contributed by atoms with van der Waals surface area (Å²) < 4.78 is 0. The number of benzene rings is 1. The fraction of sp³-hybridized carbons (Fsp3) is 0. The average Bonchev–Trinajstić information content (AvgIpc) is 2.42. The molecule has 0 aliphatic rings. The van der Waals surface area contributed by atoms with E-state index < -0.39 is 5.91 Å². The van der Waals surface area contributed by atoms with Crippen molar-refractivity contribution in [3.05, 3.63) is 52.7 Å². The van der Waals surface area contributed by atoms with Crippen molar-refractivity contribution in [3.63, 3.8) is 0 Å². The molecule has 0 saturated carbocycles. The SMILES string of the molecule is N#CSc1ccc(NC(=O)c2c[nH]c(=O)cn2)cc1. The van der Waals surface area contributed by atoms with Crippen LogP contribution in [0.4, 0.5) is 5.69 Å². The third-order valence-electron chi connectivity index (χ3n) is 2.18. The number of hydrogen-bond donors (Lipinski definition) is 2. The molecule has 0 aliphatic heterocycles. The van der Waals surface area contributed by atoms with E-state index in [0.717, 1.165) is 22.9 Å². The van der Waals surface area contributed by atoms with Crippen molar-refractivity contribution in [2.45, 2.75) is 4.90 Å². The average molecular weight is 272 g/mol. The summed E-state index contributed by atoms with van der Waals surface area (Å²) in [5.41, 5.74) is 0.338. The van der Waals surface area contributed by atoms with Crippen molar-refractivity contribution in [2.24, 2.45) is 0 Å². The number of thiocyanates is 1. The number of nitriles is 1. The molecule has 0 fully saturated rings. The summed E-state index contributed by atoms with van der Waals surface area (Å²) in [6, 6.07) is 6.82. The molecular formula is C12H8N4O2S. The zero-order valence-electron chi connectivity index (χ0n) is 9.58. The molecule has 2 rings (SSSR count). The summed E-state index contributed by atoms with van der Waals surface area (Å²) in [5.74, 6) is -0.420. The van der Waals surface area contributed by atoms with E-state index in [9.17, 15) is 9.59 Å². The Kier molecular flexibility index (Phi) is 3.95. The van der Waals surface area contributed by atoms with Gasteiger partial charge in [0, 0.05) is 16.8 Å². The third-order valence-corrected chi connectivity index (χ3v) is 2.78. The highest BCUT2D eigenvalue weighted by Gasteiger charge is 2.07. The molecule has 0 atom stereocenters. The van der Waals surface area contributed by atoms with Gasteiger partial charge in [0.2, 0.25) is 0 Å². The molecule has 0 saturated heterocycles. The number of hydrogen-bond acceptors (Lipinski definition) is 5. The Balaban J connectivity index is 2.08. The molecule has 2 N–H and O–H groups in total. The quantitative estimate of drug-likeness (QED) is 0.653. The van der Waals surface area contributed by atoms with Gasteiger partial charge in [0.25, 0.3) is 11.5 Å². The van der Waals surface area contributed by atoms with Crippen molar-refractivity contribution in [1.29, 1.82) is 5.26 Å². The zero-order chi connectivity index (χ0) is 13.7. The van der Waals surface area contributed by atoms with Crippen LogP contribution in [0.3, 0.4) is 0 Å². The highest BCUT2D eigenvalue weighted by atomic mass is 32.2. The fourth-order valence-electron chi connectivity index (χ4n) is 1.32. The molecule has 1 aromatic heterocycles. The first-order valence-corrected chi connectivity index (χ1v) is 6.03. The van der Waals surface area contributed by atoms with Crippen LogP contribution in [0.25, 0.3) is 0 Å². The Morgan fingerprint density at radius 3 is 2.68 bits per heavy atom. The number of thioether (sulfide) groups is 1. The predicted molar refractivity (Wildman–Crippen MR) is 70.7 cm³/mol. The number of carbonyl (C=O) groups is 1. The maximum absolute atomic E-state index is 11.8. The van der Waals surface area contributed by atoms with Gasteiger partial charge in [-0.1, -0.05) is 0 Å². The molecule has 7 heteroatoms. The standard InChI is InChI=1S/C12H8N4O2S/c13-7-19-9-3-1-8(2-4-9)16-12(18)10-5-15-11(17)6-14-10/h1-6H,(H,15,17)(H,16,18). The van der Waals surface area contributed by atoms with Gasteiger partial charge in [-0.15, -0.1) is 0 Å². The lowest BCUT2D eigenvalue weighted by molar-refractivity contribution is 0.102. The van der Waals surface area contributed by atoms with E-state index >= 15 is 0 Å². The monoisotopic (exact) mass is 272 g/mol. The van der Waals surface area contributed by atoms with Crippen LogP contribution in [0.2, 0.25) is 0 Å². The number of anilines is 1. The van der Waals surface area contributed by atoms with Crippen LogP contribution in [0, 0.1) is 10.7 Å². The van der Waals surface area contributed by atoms with Crippen LogP contribution in [0.1, 0.15) is 10.5 Å². The lowest BCUT2D eigenvalue weighted by Gasteiger charge is -2.04. The molecular weight excluding hydrogens is 264 g/mol. The number of aromatic amines is 1.